The van der Waals surface area contributed by atoms with Gasteiger partial charge in [0.15, 0.2) is 0 Å². The lowest BCUT2D eigenvalue weighted by Crippen LogP contribution is -2.28. The summed E-state index contributed by atoms with van der Waals surface area (Å²) in [5.74, 6) is 2.53. The van der Waals surface area contributed by atoms with E-state index in [0.717, 1.165) is 31.2 Å². The Balaban J connectivity index is 2.52. The van der Waals surface area contributed by atoms with E-state index in [1.807, 2.05) is 19.1 Å². The number of aryl methyl sites for hydroxylation is 1. The van der Waals surface area contributed by atoms with Gasteiger partial charge in [0, 0.05) is 19.5 Å². The van der Waals surface area contributed by atoms with Gasteiger partial charge in [0.25, 0.3) is 0 Å². The van der Waals surface area contributed by atoms with Crippen LogP contribution in [0.2, 0.25) is 0 Å². The molecule has 0 radical (unpaired) electrons. The Bertz CT molecular complexity index is 349. The summed E-state index contributed by atoms with van der Waals surface area (Å²) >= 11 is 0. The molecule has 3 nitrogen and oxygen atoms in total. The number of hydrogen-bond acceptors (Lipinski definition) is 3. The first kappa shape index (κ1) is 12.8. The Morgan fingerprint density at radius 3 is 2.69 bits per heavy atom. The first-order valence-electron chi connectivity index (χ1n) is 5.76. The van der Waals surface area contributed by atoms with Gasteiger partial charge in [0.2, 0.25) is 0 Å². The second-order valence-corrected chi connectivity index (χ2v) is 4.55. The highest BCUT2D eigenvalue weighted by Crippen LogP contribution is 2.11. The van der Waals surface area contributed by atoms with Crippen LogP contribution < -0.4 is 0 Å². The maximum Gasteiger partial charge on any atom is 0.118 e. The van der Waals surface area contributed by atoms with Gasteiger partial charge in [0.05, 0.1) is 12.6 Å². The molecule has 0 amide bonds. The topological polar surface area (TPSA) is 40.2 Å². The Morgan fingerprint density at radius 1 is 1.44 bits per heavy atom. The van der Waals surface area contributed by atoms with E-state index in [0.29, 0.717) is 12.3 Å². The molecule has 0 aromatic carbocycles. The van der Waals surface area contributed by atoms with Crippen molar-refractivity contribution in [3.8, 4) is 6.07 Å². The molecule has 1 aromatic rings. The van der Waals surface area contributed by atoms with Crippen LogP contribution in [0.4, 0.5) is 0 Å². The van der Waals surface area contributed by atoms with Gasteiger partial charge in [-0.15, -0.1) is 0 Å². The molecule has 0 unspecified atom stereocenters. The molecule has 1 heterocycles. The quantitative estimate of drug-likeness (QED) is 0.740. The monoisotopic (exact) mass is 220 g/mol. The van der Waals surface area contributed by atoms with E-state index < -0.39 is 0 Å². The Morgan fingerprint density at radius 2 is 2.19 bits per heavy atom. The Hall–Kier alpha value is -1.27. The molecule has 0 N–H and O–H groups in total. The van der Waals surface area contributed by atoms with Crippen molar-refractivity contribution in [2.45, 2.75) is 33.7 Å². The number of nitrogens with zero attached hydrogens (tertiary/aromatic N) is 2. The molecule has 88 valence electrons. The number of furan rings is 1. The van der Waals surface area contributed by atoms with Gasteiger partial charge in [-0.25, -0.2) is 0 Å². The maximum absolute atomic E-state index is 8.62. The largest absolute Gasteiger partial charge is 0.465 e. The molecule has 3 heteroatoms. The molecule has 1 aromatic heterocycles. The van der Waals surface area contributed by atoms with Crippen LogP contribution in [0.1, 0.15) is 31.8 Å². The summed E-state index contributed by atoms with van der Waals surface area (Å²) in [6, 6.07) is 6.18. The number of hydrogen-bond donors (Lipinski definition) is 0. The lowest BCUT2D eigenvalue weighted by molar-refractivity contribution is 0.222. The summed E-state index contributed by atoms with van der Waals surface area (Å²) in [7, 11) is 0. The second-order valence-electron chi connectivity index (χ2n) is 4.55. The Kier molecular flexibility index (Phi) is 5.07. The van der Waals surface area contributed by atoms with Crippen molar-refractivity contribution in [1.82, 2.24) is 4.90 Å². The van der Waals surface area contributed by atoms with Crippen LogP contribution in [0.25, 0.3) is 0 Å². The van der Waals surface area contributed by atoms with E-state index in [4.69, 9.17) is 9.68 Å². The van der Waals surface area contributed by atoms with Gasteiger partial charge in [0.1, 0.15) is 11.5 Å². The molecule has 0 saturated heterocycles. The second kappa shape index (κ2) is 6.34. The van der Waals surface area contributed by atoms with Crippen molar-refractivity contribution in [1.29, 1.82) is 5.26 Å². The average Bonchev–Trinajstić information content (AvgIpc) is 2.59. The van der Waals surface area contributed by atoms with Crippen molar-refractivity contribution in [2.24, 2.45) is 5.92 Å². The standard InChI is InChI=1S/C13H20N2O/c1-11(2)9-15(8-4-7-14)10-13-6-5-12(3)16-13/h5-6,11H,4,8-10H2,1-3H3. The fourth-order valence-corrected chi connectivity index (χ4v) is 1.75. The lowest BCUT2D eigenvalue weighted by Gasteiger charge is -2.21. The van der Waals surface area contributed by atoms with E-state index in [9.17, 15) is 0 Å². The molecule has 16 heavy (non-hydrogen) atoms. The zero-order chi connectivity index (χ0) is 12.0. The van der Waals surface area contributed by atoms with Crippen molar-refractivity contribution in [2.75, 3.05) is 13.1 Å². The number of nitriles is 1. The fraction of sp³-hybridized carbons (Fsp3) is 0.615. The first-order valence-corrected chi connectivity index (χ1v) is 5.76. The van der Waals surface area contributed by atoms with E-state index in [1.165, 1.54) is 0 Å². The minimum atomic E-state index is 0.576. The molecule has 0 saturated carbocycles. The minimum absolute atomic E-state index is 0.576. The molecule has 0 spiro atoms. The lowest BCUT2D eigenvalue weighted by atomic mass is 10.2. The SMILES string of the molecule is Cc1ccc(CN(CCC#N)CC(C)C)o1. The van der Waals surface area contributed by atoms with Crippen molar-refractivity contribution < 1.29 is 4.42 Å². The molecular weight excluding hydrogens is 200 g/mol. The summed E-state index contributed by atoms with van der Waals surface area (Å²) in [5.41, 5.74) is 0. The van der Waals surface area contributed by atoms with Crippen LogP contribution in [-0.2, 0) is 6.54 Å². The smallest absolute Gasteiger partial charge is 0.118 e. The zero-order valence-electron chi connectivity index (χ0n) is 10.4. The van der Waals surface area contributed by atoms with E-state index in [2.05, 4.69) is 24.8 Å². The van der Waals surface area contributed by atoms with Crippen LogP contribution in [-0.4, -0.2) is 18.0 Å². The molecule has 0 fully saturated rings. The highest BCUT2D eigenvalue weighted by Gasteiger charge is 2.09. The maximum atomic E-state index is 8.62. The predicted octanol–water partition coefficient (Wildman–Crippen LogP) is 2.96. The highest BCUT2D eigenvalue weighted by molar-refractivity contribution is 5.05. The molecule has 0 bridgehead atoms. The number of rotatable bonds is 6. The van der Waals surface area contributed by atoms with Gasteiger partial charge in [-0.05, 0) is 25.0 Å². The molecule has 0 aliphatic heterocycles. The van der Waals surface area contributed by atoms with Crippen molar-refractivity contribution in [3.63, 3.8) is 0 Å². The molecule has 0 atom stereocenters. The van der Waals surface area contributed by atoms with E-state index in [1.54, 1.807) is 0 Å². The van der Waals surface area contributed by atoms with Gasteiger partial charge in [-0.1, -0.05) is 13.8 Å². The minimum Gasteiger partial charge on any atom is -0.465 e. The molecule has 0 aliphatic rings. The van der Waals surface area contributed by atoms with Crippen molar-refractivity contribution in [3.05, 3.63) is 23.7 Å². The molecule has 0 aliphatic carbocycles. The summed E-state index contributed by atoms with van der Waals surface area (Å²) in [6.45, 7) is 8.94. The van der Waals surface area contributed by atoms with Crippen molar-refractivity contribution >= 4 is 0 Å². The van der Waals surface area contributed by atoms with E-state index in [-0.39, 0.29) is 0 Å². The fourth-order valence-electron chi connectivity index (χ4n) is 1.75. The van der Waals surface area contributed by atoms with Crippen LogP contribution in [0.3, 0.4) is 0 Å². The van der Waals surface area contributed by atoms with Gasteiger partial charge >= 0.3 is 0 Å². The predicted molar refractivity (Wildman–Crippen MR) is 63.8 cm³/mol. The molecule has 1 rings (SSSR count). The van der Waals surface area contributed by atoms with E-state index >= 15 is 0 Å². The van der Waals surface area contributed by atoms with Gasteiger partial charge in [-0.3, -0.25) is 4.90 Å². The van der Waals surface area contributed by atoms with Crippen LogP contribution in [0.5, 0.6) is 0 Å². The normalized spacial score (nSPS) is 11.0. The molecular formula is C13H20N2O. The summed E-state index contributed by atoms with van der Waals surface area (Å²) in [4.78, 5) is 2.27. The summed E-state index contributed by atoms with van der Waals surface area (Å²) in [5, 5.41) is 8.62. The zero-order valence-corrected chi connectivity index (χ0v) is 10.4. The highest BCUT2D eigenvalue weighted by atomic mass is 16.3. The Labute approximate surface area is 97.7 Å². The average molecular weight is 220 g/mol. The summed E-state index contributed by atoms with van der Waals surface area (Å²) < 4.78 is 5.55. The van der Waals surface area contributed by atoms with Crippen LogP contribution >= 0.6 is 0 Å². The summed E-state index contributed by atoms with van der Waals surface area (Å²) in [6.07, 6.45) is 0.576. The first-order chi connectivity index (χ1) is 7.61. The van der Waals surface area contributed by atoms with Gasteiger partial charge < -0.3 is 4.42 Å². The van der Waals surface area contributed by atoms with Gasteiger partial charge in [-0.2, -0.15) is 5.26 Å². The third-order valence-corrected chi connectivity index (χ3v) is 2.34. The third kappa shape index (κ3) is 4.50. The third-order valence-electron chi connectivity index (χ3n) is 2.34. The van der Waals surface area contributed by atoms with Crippen LogP contribution in [0, 0.1) is 24.2 Å². The van der Waals surface area contributed by atoms with Crippen LogP contribution in [0.15, 0.2) is 16.5 Å².